The molecule has 7 aliphatic rings. The summed E-state index contributed by atoms with van der Waals surface area (Å²) in [5.41, 5.74) is -0.461. The molecule has 0 radical (unpaired) electrons. The van der Waals surface area contributed by atoms with Gasteiger partial charge in [-0.3, -0.25) is 9.59 Å². The Hall–Kier alpha value is -1.12. The molecule has 3 heteroatoms. The first-order valence-electron chi connectivity index (χ1n) is 12.9. The lowest BCUT2D eigenvalue weighted by atomic mass is 9.45. The fourth-order valence-electron chi connectivity index (χ4n) is 9.19. The molecule has 0 N–H and O–H groups in total. The fraction of sp³-hybridized carbons (Fsp3) is 0.833. The predicted molar refractivity (Wildman–Crippen MR) is 99.5 cm³/mol. The van der Waals surface area contributed by atoms with E-state index in [0.29, 0.717) is 36.0 Å². The number of carbonyl (C=O) groups excluding carboxylic acids is 2. The normalized spacial score (nSPS) is 67.9. The average Bonchev–Trinajstić information content (AvgIpc) is 3.60. The number of ether oxygens (including phenoxy) is 1. The van der Waals surface area contributed by atoms with Gasteiger partial charge < -0.3 is 4.74 Å². The molecular weight excluding hydrogens is 336 g/mol. The van der Waals surface area contributed by atoms with Crippen LogP contribution in [0.1, 0.15) is 70.6 Å². The van der Waals surface area contributed by atoms with E-state index in [4.69, 9.17) is 10.2 Å². The zero-order valence-corrected chi connectivity index (χ0v) is 16.1. The zero-order chi connectivity index (χ0) is 21.9. The van der Waals surface area contributed by atoms with E-state index in [1.165, 1.54) is 6.08 Å². The SMILES string of the molecule is [3H]C1([3H])C(=O)C=C2[C@@H]3C[C@@H]3[C@H]3[C@@H]4[C@@H]5C[C@@H]5[C@@]5(CCC(=O)O5)[C@@]4(C)CC[C@@H]3[C@@]2(C)C1([3H])[3H]. The standard InChI is InChI=1S/C24H30O3/c1-22-6-3-12(25)9-17(22)13-10-14(13)20-16(22)4-7-23(2)21(20)15-11-18(15)24(23)8-5-19(26)27-24/h9,13-16,18,20-21H,3-8,10-11H2,1-2H3/t13-,14+,15-,16+,18+,20-,21+,22-,23+,24+/m1/s1/i3T2,6T2. The third-order valence-corrected chi connectivity index (χ3v) is 10.3. The molecule has 1 spiro atoms. The van der Waals surface area contributed by atoms with Crippen molar-refractivity contribution >= 4 is 11.8 Å². The van der Waals surface area contributed by atoms with Gasteiger partial charge in [0.2, 0.25) is 0 Å². The monoisotopic (exact) mass is 374 g/mol. The van der Waals surface area contributed by atoms with Crippen LogP contribution in [0.4, 0.5) is 0 Å². The Kier molecular flexibility index (Phi) is 2.02. The fourth-order valence-corrected chi connectivity index (χ4v) is 9.19. The highest BCUT2D eigenvalue weighted by molar-refractivity contribution is 5.92. The van der Waals surface area contributed by atoms with Crippen molar-refractivity contribution in [2.24, 2.45) is 52.3 Å². The predicted octanol–water partition coefficient (Wildman–Crippen LogP) is 4.31. The Morgan fingerprint density at radius 1 is 1.15 bits per heavy atom. The molecule has 1 heterocycles. The van der Waals surface area contributed by atoms with E-state index in [1.807, 2.05) is 6.92 Å². The van der Waals surface area contributed by atoms with Crippen LogP contribution in [0.2, 0.25) is 0 Å². The highest BCUT2D eigenvalue weighted by Crippen LogP contribution is 2.82. The van der Waals surface area contributed by atoms with E-state index in [0.717, 1.165) is 37.7 Å². The molecule has 6 fully saturated rings. The maximum atomic E-state index is 12.6. The topological polar surface area (TPSA) is 43.4 Å². The van der Waals surface area contributed by atoms with Gasteiger partial charge in [0.25, 0.3) is 0 Å². The van der Waals surface area contributed by atoms with Gasteiger partial charge >= 0.3 is 5.97 Å². The van der Waals surface area contributed by atoms with Crippen LogP contribution in [0.3, 0.4) is 0 Å². The first kappa shape index (κ1) is 12.4. The molecule has 1 aliphatic heterocycles. The smallest absolute Gasteiger partial charge is 0.306 e. The Balaban J connectivity index is 1.37. The first-order valence-corrected chi connectivity index (χ1v) is 10.9. The van der Waals surface area contributed by atoms with Gasteiger partial charge in [-0.05, 0) is 85.5 Å². The number of ketones is 1. The van der Waals surface area contributed by atoms with Crippen LogP contribution in [0.5, 0.6) is 0 Å². The van der Waals surface area contributed by atoms with Gasteiger partial charge in [0, 0.05) is 29.6 Å². The van der Waals surface area contributed by atoms with Gasteiger partial charge in [0.15, 0.2) is 5.78 Å². The molecule has 0 unspecified atom stereocenters. The highest BCUT2D eigenvalue weighted by atomic mass is 16.6. The summed E-state index contributed by atoms with van der Waals surface area (Å²) >= 11 is 0. The van der Waals surface area contributed by atoms with E-state index >= 15 is 0 Å². The summed E-state index contributed by atoms with van der Waals surface area (Å²) in [5.74, 6) is 1.70. The zero-order valence-electron chi connectivity index (χ0n) is 20.1. The summed E-state index contributed by atoms with van der Waals surface area (Å²) in [6.45, 7) is 4.25. The molecule has 0 bridgehead atoms. The average molecular weight is 375 g/mol. The Labute approximate surface area is 166 Å². The van der Waals surface area contributed by atoms with Gasteiger partial charge in [-0.2, -0.15) is 0 Å². The molecule has 7 rings (SSSR count). The Bertz CT molecular complexity index is 989. The summed E-state index contributed by atoms with van der Waals surface area (Å²) in [7, 11) is 0. The van der Waals surface area contributed by atoms with Gasteiger partial charge in [0.05, 0.1) is 0 Å². The minimum atomic E-state index is -2.50. The van der Waals surface area contributed by atoms with Crippen molar-refractivity contribution in [1.29, 1.82) is 0 Å². The maximum absolute atomic E-state index is 12.6. The van der Waals surface area contributed by atoms with Crippen LogP contribution in [-0.2, 0) is 14.3 Å². The minimum Gasteiger partial charge on any atom is -0.458 e. The summed E-state index contributed by atoms with van der Waals surface area (Å²) in [4.78, 5) is 24.8. The second-order valence-electron chi connectivity index (χ2n) is 11.0. The van der Waals surface area contributed by atoms with Crippen molar-refractivity contribution in [3.8, 4) is 0 Å². The number of allylic oxidation sites excluding steroid dienone is 1. The third kappa shape index (κ3) is 1.58. The maximum Gasteiger partial charge on any atom is 0.306 e. The van der Waals surface area contributed by atoms with Crippen molar-refractivity contribution < 1.29 is 19.8 Å². The van der Waals surface area contributed by atoms with Crippen molar-refractivity contribution in [3.05, 3.63) is 11.6 Å². The number of esters is 1. The van der Waals surface area contributed by atoms with Gasteiger partial charge in [-0.1, -0.05) is 19.4 Å². The minimum absolute atomic E-state index is 0.0345. The van der Waals surface area contributed by atoms with E-state index in [2.05, 4.69) is 6.92 Å². The lowest BCUT2D eigenvalue weighted by Gasteiger charge is -2.60. The van der Waals surface area contributed by atoms with Crippen LogP contribution in [0, 0.1) is 52.3 Å². The molecule has 10 atom stereocenters. The molecular formula is C24H30O3. The molecule has 0 amide bonds. The van der Waals surface area contributed by atoms with Crippen LogP contribution in [0.15, 0.2) is 11.6 Å². The number of carbonyl (C=O) groups is 2. The Morgan fingerprint density at radius 3 is 2.78 bits per heavy atom. The Morgan fingerprint density at radius 2 is 2.00 bits per heavy atom. The highest BCUT2D eigenvalue weighted by Gasteiger charge is 2.81. The largest absolute Gasteiger partial charge is 0.458 e. The molecule has 0 aromatic rings. The molecule has 144 valence electrons. The molecule has 5 saturated carbocycles. The van der Waals surface area contributed by atoms with Crippen molar-refractivity contribution in [3.63, 3.8) is 0 Å². The second kappa shape index (κ2) is 4.39. The van der Waals surface area contributed by atoms with Crippen LogP contribution in [0.25, 0.3) is 0 Å². The molecule has 6 aliphatic carbocycles. The third-order valence-electron chi connectivity index (χ3n) is 10.3. The summed E-state index contributed by atoms with van der Waals surface area (Å²) in [5, 5.41) is 0. The van der Waals surface area contributed by atoms with Crippen molar-refractivity contribution in [1.82, 2.24) is 0 Å². The number of hydrogen-bond acceptors (Lipinski definition) is 3. The summed E-state index contributed by atoms with van der Waals surface area (Å²) in [6.07, 6.45) is 1.91. The number of rotatable bonds is 0. The quantitative estimate of drug-likeness (QED) is 0.594. The second-order valence-corrected chi connectivity index (χ2v) is 11.0. The summed E-state index contributed by atoms with van der Waals surface area (Å²) < 4.78 is 40.9. The number of fused-ring (bicyclic) bond motifs is 12. The molecule has 1 saturated heterocycles. The van der Waals surface area contributed by atoms with Crippen molar-refractivity contribution in [2.75, 3.05) is 0 Å². The number of hydrogen-bond donors (Lipinski definition) is 0. The lowest BCUT2D eigenvalue weighted by molar-refractivity contribution is -0.177. The van der Waals surface area contributed by atoms with E-state index in [-0.39, 0.29) is 28.8 Å². The van der Waals surface area contributed by atoms with Crippen LogP contribution < -0.4 is 0 Å². The van der Waals surface area contributed by atoms with Gasteiger partial charge in [-0.15, -0.1) is 0 Å². The first-order chi connectivity index (χ1) is 14.4. The molecule has 3 nitrogen and oxygen atoms in total. The van der Waals surface area contributed by atoms with Gasteiger partial charge in [-0.25, -0.2) is 0 Å². The van der Waals surface area contributed by atoms with Crippen LogP contribution >= 0.6 is 0 Å². The van der Waals surface area contributed by atoms with E-state index in [1.54, 1.807) is 0 Å². The molecule has 0 aromatic carbocycles. The summed E-state index contributed by atoms with van der Waals surface area (Å²) in [6, 6.07) is 0. The van der Waals surface area contributed by atoms with Crippen LogP contribution in [-0.4, -0.2) is 17.4 Å². The van der Waals surface area contributed by atoms with Crippen molar-refractivity contribution in [2.45, 2.75) is 70.7 Å². The van der Waals surface area contributed by atoms with Gasteiger partial charge in [0.1, 0.15) is 5.60 Å². The molecule has 27 heavy (non-hydrogen) atoms. The van der Waals surface area contributed by atoms with E-state index in [9.17, 15) is 9.59 Å². The lowest BCUT2D eigenvalue weighted by Crippen LogP contribution is -2.57. The van der Waals surface area contributed by atoms with E-state index < -0.39 is 23.9 Å². The molecule has 0 aromatic heterocycles.